The quantitative estimate of drug-likeness (QED) is 0.754. The minimum absolute atomic E-state index is 0.0212. The molecule has 21 heavy (non-hydrogen) atoms. The van der Waals surface area contributed by atoms with E-state index in [0.29, 0.717) is 4.88 Å². The molecule has 1 aromatic rings. The largest absolute Gasteiger partial charge is 0.481 e. The Morgan fingerprint density at radius 1 is 1.43 bits per heavy atom. The van der Waals surface area contributed by atoms with Gasteiger partial charge >= 0.3 is 11.9 Å². The van der Waals surface area contributed by atoms with Gasteiger partial charge in [-0.25, -0.2) is 4.79 Å². The van der Waals surface area contributed by atoms with Crippen LogP contribution < -0.4 is 0 Å². The molecule has 112 valence electrons. The highest BCUT2D eigenvalue weighted by molar-refractivity contribution is 9.10. The Bertz CT molecular complexity index is 660. The molecule has 1 aromatic heterocycles. The molecule has 0 saturated carbocycles. The predicted octanol–water partition coefficient (Wildman–Crippen LogP) is 2.98. The maximum Gasteiger partial charge on any atom is 0.331 e. The van der Waals surface area contributed by atoms with Crippen molar-refractivity contribution in [3.8, 4) is 0 Å². The van der Waals surface area contributed by atoms with Crippen LogP contribution in [0.4, 0.5) is 0 Å². The third kappa shape index (κ3) is 3.25. The monoisotopic (exact) mass is 372 g/mol. The number of hydrogen-bond acceptors (Lipinski definition) is 4. The van der Waals surface area contributed by atoms with Gasteiger partial charge in [0.05, 0.1) is 5.41 Å². The molecule has 1 heterocycles. The van der Waals surface area contributed by atoms with E-state index in [9.17, 15) is 19.8 Å². The first-order chi connectivity index (χ1) is 9.73. The molecular formula is C14H13BrO5S. The zero-order valence-electron chi connectivity index (χ0n) is 11.0. The lowest BCUT2D eigenvalue weighted by Gasteiger charge is -2.27. The molecule has 0 spiro atoms. The van der Waals surface area contributed by atoms with Gasteiger partial charge in [0.1, 0.15) is 6.10 Å². The maximum atomic E-state index is 11.4. The molecule has 7 heteroatoms. The molecule has 3 N–H and O–H groups in total. The molecule has 2 unspecified atom stereocenters. The summed E-state index contributed by atoms with van der Waals surface area (Å²) in [5.74, 6) is -2.29. The molecule has 2 rings (SSSR count). The number of carboxylic acid groups (broad SMARTS) is 2. The predicted molar refractivity (Wildman–Crippen MR) is 81.1 cm³/mol. The molecule has 1 aliphatic rings. The van der Waals surface area contributed by atoms with Crippen LogP contribution in [0.2, 0.25) is 0 Å². The summed E-state index contributed by atoms with van der Waals surface area (Å²) in [6.45, 7) is 1.45. The van der Waals surface area contributed by atoms with Crippen LogP contribution in [0.1, 0.15) is 24.3 Å². The summed E-state index contributed by atoms with van der Waals surface area (Å²) < 4.78 is 0.807. The van der Waals surface area contributed by atoms with Crippen LogP contribution >= 0.6 is 27.3 Å². The van der Waals surface area contributed by atoms with Crippen LogP contribution in [0.5, 0.6) is 0 Å². The van der Waals surface area contributed by atoms with Crippen LogP contribution in [0.15, 0.2) is 39.2 Å². The first-order valence-corrected chi connectivity index (χ1v) is 7.72. The standard InChI is InChI=1S/C14H13BrO5S/c1-14(13(19)20)4-7(2-8(5-14)12(17)18)11(16)10-3-9(15)6-21-10/h2-4,6,11,16H,5H2,1H3,(H,17,18)(H,19,20). The fourth-order valence-electron chi connectivity index (χ4n) is 2.18. The van der Waals surface area contributed by atoms with Crippen molar-refractivity contribution in [1.29, 1.82) is 0 Å². The number of carboxylic acids is 2. The Morgan fingerprint density at radius 2 is 2.10 bits per heavy atom. The van der Waals surface area contributed by atoms with Gasteiger partial charge < -0.3 is 15.3 Å². The lowest BCUT2D eigenvalue weighted by molar-refractivity contribution is -0.145. The number of rotatable bonds is 4. The van der Waals surface area contributed by atoms with Gasteiger partial charge in [0.25, 0.3) is 0 Å². The van der Waals surface area contributed by atoms with Crippen molar-refractivity contribution in [3.63, 3.8) is 0 Å². The second-order valence-corrected chi connectivity index (χ2v) is 6.95. The lowest BCUT2D eigenvalue weighted by atomic mass is 9.76. The van der Waals surface area contributed by atoms with Crippen LogP contribution in [0.3, 0.4) is 0 Å². The third-order valence-corrected chi connectivity index (χ3v) is 5.07. The summed E-state index contributed by atoms with van der Waals surface area (Å²) in [5, 5.41) is 30.6. The van der Waals surface area contributed by atoms with E-state index in [4.69, 9.17) is 5.11 Å². The SMILES string of the molecule is CC1(C(=O)O)C=C(C(O)c2cc(Br)cs2)C=C(C(=O)O)C1. The smallest absolute Gasteiger partial charge is 0.331 e. The molecule has 0 saturated heterocycles. The molecule has 0 aliphatic heterocycles. The summed E-state index contributed by atoms with van der Waals surface area (Å²) in [5.41, 5.74) is -1.07. The van der Waals surface area contributed by atoms with Crippen LogP contribution in [0, 0.1) is 5.41 Å². The number of aliphatic carboxylic acids is 2. The van der Waals surface area contributed by atoms with E-state index >= 15 is 0 Å². The molecular weight excluding hydrogens is 360 g/mol. The number of halogens is 1. The minimum atomic E-state index is -1.34. The molecule has 0 amide bonds. The van der Waals surface area contributed by atoms with Gasteiger partial charge in [-0.3, -0.25) is 4.79 Å². The molecule has 0 fully saturated rings. The van der Waals surface area contributed by atoms with Crippen molar-refractivity contribution in [2.45, 2.75) is 19.4 Å². The van der Waals surface area contributed by atoms with Crippen molar-refractivity contribution in [1.82, 2.24) is 0 Å². The van der Waals surface area contributed by atoms with E-state index in [1.54, 1.807) is 11.4 Å². The first-order valence-electron chi connectivity index (χ1n) is 6.05. The number of hydrogen-bond donors (Lipinski definition) is 3. The Kier molecular flexibility index (Phi) is 4.36. The average molecular weight is 373 g/mol. The summed E-state index contributed by atoms with van der Waals surface area (Å²) >= 11 is 4.59. The number of carbonyl (C=O) groups is 2. The van der Waals surface area contributed by atoms with Crippen LogP contribution in [-0.4, -0.2) is 27.3 Å². The molecule has 0 bridgehead atoms. The van der Waals surface area contributed by atoms with Gasteiger partial charge in [-0.15, -0.1) is 11.3 Å². The van der Waals surface area contributed by atoms with Crippen molar-refractivity contribution in [3.05, 3.63) is 44.1 Å². The number of thiophene rings is 1. The second-order valence-electron chi connectivity index (χ2n) is 5.09. The molecule has 0 radical (unpaired) electrons. The van der Waals surface area contributed by atoms with E-state index in [0.717, 1.165) is 4.47 Å². The Labute approximate surface area is 133 Å². The summed E-state index contributed by atoms with van der Waals surface area (Å²) in [6, 6.07) is 1.72. The second kappa shape index (κ2) is 5.75. The average Bonchev–Trinajstić information content (AvgIpc) is 2.83. The van der Waals surface area contributed by atoms with E-state index < -0.39 is 23.5 Å². The van der Waals surface area contributed by atoms with E-state index in [1.165, 1.54) is 30.4 Å². The fraction of sp³-hybridized carbons (Fsp3) is 0.286. The minimum Gasteiger partial charge on any atom is -0.481 e. The van der Waals surface area contributed by atoms with Crippen LogP contribution in [-0.2, 0) is 9.59 Å². The summed E-state index contributed by atoms with van der Waals surface area (Å²) in [4.78, 5) is 23.2. The number of aliphatic hydroxyl groups excluding tert-OH is 1. The zero-order valence-corrected chi connectivity index (χ0v) is 13.4. The normalized spacial score (nSPS) is 23.2. The van der Waals surface area contributed by atoms with Gasteiger partial charge in [0.2, 0.25) is 0 Å². The summed E-state index contributed by atoms with van der Waals surface area (Å²) in [7, 11) is 0. The van der Waals surface area contributed by atoms with Gasteiger partial charge in [-0.05, 0) is 47.0 Å². The van der Waals surface area contributed by atoms with Gasteiger partial charge in [0.15, 0.2) is 0 Å². The van der Waals surface area contributed by atoms with Gasteiger partial charge in [-0.2, -0.15) is 0 Å². The van der Waals surface area contributed by atoms with Crippen molar-refractivity contribution >= 4 is 39.2 Å². The highest BCUT2D eigenvalue weighted by Crippen LogP contribution is 2.40. The molecule has 0 aromatic carbocycles. The maximum absolute atomic E-state index is 11.4. The number of aliphatic hydroxyl groups is 1. The van der Waals surface area contributed by atoms with Crippen LogP contribution in [0.25, 0.3) is 0 Å². The highest BCUT2D eigenvalue weighted by atomic mass is 79.9. The lowest BCUT2D eigenvalue weighted by Crippen LogP contribution is -2.30. The van der Waals surface area contributed by atoms with Crippen molar-refractivity contribution in [2.75, 3.05) is 0 Å². The Balaban J connectivity index is 2.45. The molecule has 2 atom stereocenters. The van der Waals surface area contributed by atoms with Gasteiger partial charge in [-0.1, -0.05) is 6.08 Å². The van der Waals surface area contributed by atoms with E-state index in [2.05, 4.69) is 15.9 Å². The zero-order chi connectivity index (χ0) is 15.8. The van der Waals surface area contributed by atoms with E-state index in [1.807, 2.05) is 0 Å². The third-order valence-electron chi connectivity index (χ3n) is 3.32. The molecule has 1 aliphatic carbocycles. The first kappa shape index (κ1) is 15.9. The van der Waals surface area contributed by atoms with E-state index in [-0.39, 0.29) is 17.6 Å². The van der Waals surface area contributed by atoms with Crippen molar-refractivity contribution < 1.29 is 24.9 Å². The van der Waals surface area contributed by atoms with Gasteiger partial charge in [0, 0.05) is 20.3 Å². The Hall–Kier alpha value is -1.44. The summed E-state index contributed by atoms with van der Waals surface area (Å²) in [6.07, 6.45) is 1.63. The molecule has 5 nitrogen and oxygen atoms in total. The van der Waals surface area contributed by atoms with Crippen molar-refractivity contribution in [2.24, 2.45) is 5.41 Å². The fourth-order valence-corrected chi connectivity index (χ4v) is 3.63. The topological polar surface area (TPSA) is 94.8 Å². The Morgan fingerprint density at radius 3 is 2.57 bits per heavy atom. The highest BCUT2D eigenvalue weighted by Gasteiger charge is 2.37.